The maximum Gasteiger partial charge on any atom is 0.130 e. The summed E-state index contributed by atoms with van der Waals surface area (Å²) in [6, 6.07) is 4.69. The van der Waals surface area contributed by atoms with Gasteiger partial charge in [-0.15, -0.1) is 0 Å². The summed E-state index contributed by atoms with van der Waals surface area (Å²) in [7, 11) is 0. The molecule has 0 spiro atoms. The Morgan fingerprint density at radius 3 is 2.56 bits per heavy atom. The van der Waals surface area contributed by atoms with Crippen LogP contribution in [0.2, 0.25) is 0 Å². The molecule has 1 aromatic carbocycles. The summed E-state index contributed by atoms with van der Waals surface area (Å²) in [5, 5.41) is 0. The molecule has 1 aromatic rings. The third-order valence-corrected chi connectivity index (χ3v) is 2.40. The highest BCUT2D eigenvalue weighted by Gasteiger charge is 2.08. The molecule has 16 heavy (non-hydrogen) atoms. The number of nitrogen functional groups attached to an aromatic ring is 1. The molecular weight excluding hydrogens is 205 g/mol. The van der Waals surface area contributed by atoms with Crippen LogP contribution in [0.5, 0.6) is 0 Å². The topological polar surface area (TPSA) is 35.2 Å². The highest BCUT2D eigenvalue weighted by Crippen LogP contribution is 2.15. The van der Waals surface area contributed by atoms with E-state index in [9.17, 15) is 4.39 Å². The second-order valence-corrected chi connectivity index (χ2v) is 4.60. The van der Waals surface area contributed by atoms with Gasteiger partial charge in [-0.05, 0) is 31.4 Å². The lowest BCUT2D eigenvalue weighted by Gasteiger charge is -2.15. The lowest BCUT2D eigenvalue weighted by atomic mass is 10.1. The predicted octanol–water partition coefficient (Wildman–Crippen LogP) is 3.36. The number of hydrogen-bond acceptors (Lipinski definition) is 2. The monoisotopic (exact) mass is 225 g/mol. The zero-order chi connectivity index (χ0) is 12.1. The van der Waals surface area contributed by atoms with Crippen molar-refractivity contribution in [1.82, 2.24) is 0 Å². The minimum atomic E-state index is -0.295. The fourth-order valence-corrected chi connectivity index (χ4v) is 1.64. The largest absolute Gasteiger partial charge is 0.399 e. The third-order valence-electron chi connectivity index (χ3n) is 2.40. The van der Waals surface area contributed by atoms with Crippen LogP contribution in [0.15, 0.2) is 18.2 Å². The molecule has 1 unspecified atom stereocenters. The van der Waals surface area contributed by atoms with Crippen molar-refractivity contribution in [3.8, 4) is 0 Å². The summed E-state index contributed by atoms with van der Waals surface area (Å²) < 4.78 is 19.0. The van der Waals surface area contributed by atoms with Gasteiger partial charge in [0, 0.05) is 11.3 Å². The normalized spacial score (nSPS) is 13.1. The number of anilines is 1. The first kappa shape index (κ1) is 13.0. The molecule has 0 radical (unpaired) electrons. The molecule has 2 nitrogen and oxygen atoms in total. The van der Waals surface area contributed by atoms with Crippen molar-refractivity contribution in [1.29, 1.82) is 0 Å². The average molecular weight is 225 g/mol. The molecular formula is C13H20FNO. The number of nitrogens with two attached hydrogens (primary N) is 1. The molecule has 0 aliphatic carbocycles. The van der Waals surface area contributed by atoms with E-state index in [0.717, 1.165) is 6.42 Å². The van der Waals surface area contributed by atoms with Crippen molar-refractivity contribution in [2.45, 2.75) is 39.9 Å². The van der Waals surface area contributed by atoms with Gasteiger partial charge in [0.05, 0.1) is 12.7 Å². The fourth-order valence-electron chi connectivity index (χ4n) is 1.64. The molecule has 0 aliphatic heterocycles. The molecule has 0 saturated carbocycles. The number of halogens is 1. The minimum Gasteiger partial charge on any atom is -0.399 e. The van der Waals surface area contributed by atoms with Gasteiger partial charge >= 0.3 is 0 Å². The molecule has 0 amide bonds. The molecule has 0 bridgehead atoms. The van der Waals surface area contributed by atoms with Crippen LogP contribution in [0.3, 0.4) is 0 Å². The molecule has 2 N–H and O–H groups in total. The molecule has 3 heteroatoms. The van der Waals surface area contributed by atoms with E-state index in [1.165, 1.54) is 6.07 Å². The van der Waals surface area contributed by atoms with Crippen molar-refractivity contribution in [2.75, 3.05) is 5.73 Å². The first-order valence-corrected chi connectivity index (χ1v) is 5.64. The summed E-state index contributed by atoms with van der Waals surface area (Å²) in [5.74, 6) is 0.294. The molecule has 1 rings (SSSR count). The van der Waals surface area contributed by atoms with Crippen molar-refractivity contribution in [3.05, 3.63) is 29.6 Å². The molecule has 0 fully saturated rings. The molecule has 0 aliphatic rings. The Labute approximate surface area is 96.6 Å². The van der Waals surface area contributed by atoms with Crippen LogP contribution < -0.4 is 5.73 Å². The number of ether oxygens (including phenoxy) is 1. The van der Waals surface area contributed by atoms with Crippen molar-refractivity contribution < 1.29 is 9.13 Å². The summed E-state index contributed by atoms with van der Waals surface area (Å²) >= 11 is 0. The molecule has 0 heterocycles. The van der Waals surface area contributed by atoms with Crippen molar-refractivity contribution >= 4 is 5.69 Å². The van der Waals surface area contributed by atoms with Gasteiger partial charge < -0.3 is 10.5 Å². The van der Waals surface area contributed by atoms with Gasteiger partial charge in [0.15, 0.2) is 0 Å². The Morgan fingerprint density at radius 2 is 2.00 bits per heavy atom. The third kappa shape index (κ3) is 4.19. The number of rotatable bonds is 5. The Kier molecular flexibility index (Phi) is 4.74. The first-order chi connectivity index (χ1) is 7.49. The van der Waals surface area contributed by atoms with Crippen LogP contribution in [0, 0.1) is 11.7 Å². The maximum absolute atomic E-state index is 13.4. The number of benzene rings is 1. The molecule has 90 valence electrons. The van der Waals surface area contributed by atoms with Crippen LogP contribution >= 0.6 is 0 Å². The van der Waals surface area contributed by atoms with E-state index in [2.05, 4.69) is 13.8 Å². The van der Waals surface area contributed by atoms with E-state index in [1.807, 2.05) is 6.92 Å². The lowest BCUT2D eigenvalue weighted by Crippen LogP contribution is -2.11. The smallest absolute Gasteiger partial charge is 0.130 e. The van der Waals surface area contributed by atoms with E-state index in [0.29, 0.717) is 23.8 Å². The van der Waals surface area contributed by atoms with Crippen molar-refractivity contribution in [2.24, 2.45) is 5.92 Å². The summed E-state index contributed by atoms with van der Waals surface area (Å²) in [5.41, 5.74) is 6.47. The SMILES string of the molecule is CC(C)CC(C)OCc1ccc(N)cc1F. The van der Waals surface area contributed by atoms with E-state index >= 15 is 0 Å². The summed E-state index contributed by atoms with van der Waals surface area (Å²) in [6.45, 7) is 6.60. The standard InChI is InChI=1S/C13H20FNO/c1-9(2)6-10(3)16-8-11-4-5-12(15)7-13(11)14/h4-5,7,9-10H,6,8,15H2,1-3H3. The quantitative estimate of drug-likeness (QED) is 0.780. The van der Waals surface area contributed by atoms with Crippen LogP contribution in [0.1, 0.15) is 32.8 Å². The Bertz CT molecular complexity index is 339. The van der Waals surface area contributed by atoms with Gasteiger partial charge in [-0.3, -0.25) is 0 Å². The molecule has 1 atom stereocenters. The Balaban J connectivity index is 2.48. The minimum absolute atomic E-state index is 0.150. The second-order valence-electron chi connectivity index (χ2n) is 4.60. The summed E-state index contributed by atoms with van der Waals surface area (Å²) in [6.07, 6.45) is 1.13. The summed E-state index contributed by atoms with van der Waals surface area (Å²) in [4.78, 5) is 0. The van der Waals surface area contributed by atoms with E-state index in [1.54, 1.807) is 12.1 Å². The van der Waals surface area contributed by atoms with E-state index < -0.39 is 0 Å². The van der Waals surface area contributed by atoms with Gasteiger partial charge in [-0.1, -0.05) is 19.9 Å². The Morgan fingerprint density at radius 1 is 1.31 bits per heavy atom. The zero-order valence-corrected chi connectivity index (χ0v) is 10.2. The highest BCUT2D eigenvalue weighted by molar-refractivity contribution is 5.40. The molecule has 0 saturated heterocycles. The zero-order valence-electron chi connectivity index (χ0n) is 10.2. The van der Waals surface area contributed by atoms with Crippen LogP contribution in [-0.4, -0.2) is 6.10 Å². The highest BCUT2D eigenvalue weighted by atomic mass is 19.1. The fraction of sp³-hybridized carbons (Fsp3) is 0.538. The average Bonchev–Trinajstić information content (AvgIpc) is 2.15. The van der Waals surface area contributed by atoms with Gasteiger partial charge in [0.2, 0.25) is 0 Å². The lowest BCUT2D eigenvalue weighted by molar-refractivity contribution is 0.0382. The van der Waals surface area contributed by atoms with E-state index in [-0.39, 0.29) is 11.9 Å². The van der Waals surface area contributed by atoms with Gasteiger partial charge in [-0.25, -0.2) is 4.39 Å². The van der Waals surface area contributed by atoms with Crippen LogP contribution in [-0.2, 0) is 11.3 Å². The predicted molar refractivity (Wildman–Crippen MR) is 64.5 cm³/mol. The second kappa shape index (κ2) is 5.85. The first-order valence-electron chi connectivity index (χ1n) is 5.64. The van der Waals surface area contributed by atoms with Gasteiger partial charge in [-0.2, -0.15) is 0 Å². The van der Waals surface area contributed by atoms with Crippen LogP contribution in [0.25, 0.3) is 0 Å². The maximum atomic E-state index is 13.4. The van der Waals surface area contributed by atoms with Crippen molar-refractivity contribution in [3.63, 3.8) is 0 Å². The van der Waals surface area contributed by atoms with E-state index in [4.69, 9.17) is 10.5 Å². The Hall–Kier alpha value is -1.09. The van der Waals surface area contributed by atoms with Gasteiger partial charge in [0.1, 0.15) is 5.82 Å². The van der Waals surface area contributed by atoms with Gasteiger partial charge in [0.25, 0.3) is 0 Å². The van der Waals surface area contributed by atoms with Crippen LogP contribution in [0.4, 0.5) is 10.1 Å². The molecule has 0 aromatic heterocycles. The number of hydrogen-bond donors (Lipinski definition) is 1.